The predicted molar refractivity (Wildman–Crippen MR) is 98.4 cm³/mol. The Hall–Kier alpha value is -1.32. The van der Waals surface area contributed by atoms with Gasteiger partial charge in [0.05, 0.1) is 17.2 Å². The average molecular weight is 428 g/mol. The Morgan fingerprint density at radius 2 is 2.17 bits per heavy atom. The number of nitrogens with one attached hydrogen (secondary N) is 1. The molecule has 0 fully saturated rings. The van der Waals surface area contributed by atoms with Crippen molar-refractivity contribution in [3.8, 4) is 0 Å². The molecule has 0 aliphatic heterocycles. The molecule has 124 valence electrons. The zero-order chi connectivity index (χ0) is 16.7. The summed E-state index contributed by atoms with van der Waals surface area (Å²) < 4.78 is 1.09. The number of carbonyl (C=O) groups is 1. The molecule has 0 spiro atoms. The number of aromatic nitrogens is 2. The van der Waals surface area contributed by atoms with Crippen LogP contribution in [0.15, 0.2) is 24.4 Å². The molecule has 7 heteroatoms. The van der Waals surface area contributed by atoms with Gasteiger partial charge in [0.25, 0.3) is 5.91 Å². The summed E-state index contributed by atoms with van der Waals surface area (Å²) in [4.78, 5) is 23.0. The van der Waals surface area contributed by atoms with Crippen LogP contribution in [-0.4, -0.2) is 58.7 Å². The molecule has 0 atom stereocenters. The van der Waals surface area contributed by atoms with Gasteiger partial charge in [-0.2, -0.15) is 0 Å². The van der Waals surface area contributed by atoms with Gasteiger partial charge in [-0.3, -0.25) is 9.78 Å². The number of rotatable bonds is 8. The van der Waals surface area contributed by atoms with Crippen LogP contribution in [-0.2, 0) is 0 Å². The summed E-state index contributed by atoms with van der Waals surface area (Å²) >= 11 is 2.22. The number of carbonyl (C=O) groups excluding carboxylic acids is 1. The van der Waals surface area contributed by atoms with Gasteiger partial charge >= 0.3 is 0 Å². The van der Waals surface area contributed by atoms with E-state index in [1.54, 1.807) is 0 Å². The lowest BCUT2D eigenvalue weighted by Gasteiger charge is -2.19. The SMILES string of the molecule is CCN(CCCO)CCNC(=O)c1cnc2cc(I)ccc2n1. The highest BCUT2D eigenvalue weighted by molar-refractivity contribution is 14.1. The van der Waals surface area contributed by atoms with Crippen molar-refractivity contribution in [1.82, 2.24) is 20.2 Å². The second-order valence-electron chi connectivity index (χ2n) is 5.16. The van der Waals surface area contributed by atoms with Gasteiger partial charge in [-0.1, -0.05) is 6.92 Å². The fraction of sp³-hybridized carbons (Fsp3) is 0.438. The first-order valence-corrected chi connectivity index (χ1v) is 8.75. The van der Waals surface area contributed by atoms with E-state index in [1.165, 1.54) is 6.20 Å². The molecule has 0 aliphatic rings. The molecule has 2 rings (SSSR count). The maximum Gasteiger partial charge on any atom is 0.271 e. The van der Waals surface area contributed by atoms with Crippen molar-refractivity contribution < 1.29 is 9.90 Å². The molecule has 2 N–H and O–H groups in total. The van der Waals surface area contributed by atoms with Gasteiger partial charge in [0.2, 0.25) is 0 Å². The molecule has 0 bridgehead atoms. The Kier molecular flexibility index (Phi) is 7.13. The molecule has 0 aliphatic carbocycles. The minimum atomic E-state index is -0.212. The zero-order valence-electron chi connectivity index (χ0n) is 13.1. The van der Waals surface area contributed by atoms with E-state index in [4.69, 9.17) is 5.11 Å². The minimum absolute atomic E-state index is 0.189. The quantitative estimate of drug-likeness (QED) is 0.626. The number of hydrogen-bond donors (Lipinski definition) is 2. The minimum Gasteiger partial charge on any atom is -0.396 e. The summed E-state index contributed by atoms with van der Waals surface area (Å²) in [5.41, 5.74) is 1.84. The number of likely N-dealkylation sites (N-methyl/N-ethyl adjacent to an activating group) is 1. The number of fused-ring (bicyclic) bond motifs is 1. The molecule has 0 unspecified atom stereocenters. The van der Waals surface area contributed by atoms with Crippen LogP contribution in [0.2, 0.25) is 0 Å². The Morgan fingerprint density at radius 1 is 1.35 bits per heavy atom. The molecule has 2 aromatic rings. The standard InChI is InChI=1S/C16H21IN4O2/c1-2-21(7-3-9-22)8-6-18-16(23)15-11-19-14-10-12(17)4-5-13(14)20-15/h4-5,10-11,22H,2-3,6-9H2,1H3,(H,18,23). The summed E-state index contributed by atoms with van der Waals surface area (Å²) in [5, 5.41) is 11.7. The van der Waals surface area contributed by atoms with Crippen LogP contribution >= 0.6 is 22.6 Å². The van der Waals surface area contributed by atoms with Crippen molar-refractivity contribution in [3.05, 3.63) is 33.7 Å². The molecule has 0 saturated heterocycles. The second kappa shape index (κ2) is 9.09. The maximum absolute atomic E-state index is 12.2. The molecule has 6 nitrogen and oxygen atoms in total. The van der Waals surface area contributed by atoms with Gasteiger partial charge in [-0.15, -0.1) is 0 Å². The van der Waals surface area contributed by atoms with E-state index in [2.05, 4.69) is 49.7 Å². The highest BCUT2D eigenvalue weighted by Crippen LogP contribution is 2.13. The summed E-state index contributed by atoms with van der Waals surface area (Å²) in [5.74, 6) is -0.212. The summed E-state index contributed by atoms with van der Waals surface area (Å²) in [6.07, 6.45) is 2.26. The average Bonchev–Trinajstić information content (AvgIpc) is 2.57. The number of hydrogen-bond acceptors (Lipinski definition) is 5. The molecule has 0 radical (unpaired) electrons. The van der Waals surface area contributed by atoms with E-state index < -0.39 is 0 Å². The number of halogens is 1. The number of aliphatic hydroxyl groups is 1. The highest BCUT2D eigenvalue weighted by Gasteiger charge is 2.10. The molecule has 23 heavy (non-hydrogen) atoms. The van der Waals surface area contributed by atoms with Crippen molar-refractivity contribution in [2.24, 2.45) is 0 Å². The summed E-state index contributed by atoms with van der Waals surface area (Å²) in [7, 11) is 0. The molecule has 1 aromatic carbocycles. The zero-order valence-corrected chi connectivity index (χ0v) is 15.3. The Bertz CT molecular complexity index is 666. The second-order valence-corrected chi connectivity index (χ2v) is 6.40. The van der Waals surface area contributed by atoms with Crippen molar-refractivity contribution in [2.75, 3.05) is 32.8 Å². The molecule has 1 aromatic heterocycles. The third-order valence-corrected chi connectivity index (χ3v) is 4.20. The fourth-order valence-corrected chi connectivity index (χ4v) is 2.71. The topological polar surface area (TPSA) is 78.4 Å². The van der Waals surface area contributed by atoms with Crippen LogP contribution in [0, 0.1) is 3.57 Å². The first-order valence-electron chi connectivity index (χ1n) is 7.67. The van der Waals surface area contributed by atoms with Crippen LogP contribution in [0.3, 0.4) is 0 Å². The molecular weight excluding hydrogens is 407 g/mol. The van der Waals surface area contributed by atoms with Gasteiger partial charge in [-0.05, 0) is 53.8 Å². The highest BCUT2D eigenvalue weighted by atomic mass is 127. The molecule has 1 amide bonds. The van der Waals surface area contributed by atoms with Crippen molar-refractivity contribution >= 4 is 39.5 Å². The number of nitrogens with zero attached hydrogens (tertiary/aromatic N) is 3. The summed E-state index contributed by atoms with van der Waals surface area (Å²) in [6, 6.07) is 5.75. The lowest BCUT2D eigenvalue weighted by molar-refractivity contribution is 0.0943. The fourth-order valence-electron chi connectivity index (χ4n) is 2.23. The molecule has 0 saturated carbocycles. The van der Waals surface area contributed by atoms with Crippen LogP contribution < -0.4 is 5.32 Å². The lowest BCUT2D eigenvalue weighted by atomic mass is 10.3. The van der Waals surface area contributed by atoms with Gasteiger partial charge in [-0.25, -0.2) is 4.98 Å². The van der Waals surface area contributed by atoms with Crippen molar-refractivity contribution in [1.29, 1.82) is 0 Å². The monoisotopic (exact) mass is 428 g/mol. The van der Waals surface area contributed by atoms with Gasteiger partial charge in [0.1, 0.15) is 5.69 Å². The Morgan fingerprint density at radius 3 is 2.91 bits per heavy atom. The Labute approximate surface area is 149 Å². The molecular formula is C16H21IN4O2. The van der Waals surface area contributed by atoms with Gasteiger partial charge in [0.15, 0.2) is 0 Å². The van der Waals surface area contributed by atoms with Crippen LogP contribution in [0.25, 0.3) is 11.0 Å². The van der Waals surface area contributed by atoms with E-state index in [-0.39, 0.29) is 12.5 Å². The van der Waals surface area contributed by atoms with Crippen molar-refractivity contribution in [2.45, 2.75) is 13.3 Å². The number of benzene rings is 1. The Balaban J connectivity index is 1.91. The van der Waals surface area contributed by atoms with Crippen LogP contribution in [0.4, 0.5) is 0 Å². The smallest absolute Gasteiger partial charge is 0.271 e. The van der Waals surface area contributed by atoms with Crippen LogP contribution in [0.1, 0.15) is 23.8 Å². The van der Waals surface area contributed by atoms with Gasteiger partial charge < -0.3 is 15.3 Å². The normalized spacial score (nSPS) is 11.1. The van der Waals surface area contributed by atoms with E-state index in [1.807, 2.05) is 18.2 Å². The maximum atomic E-state index is 12.2. The third-order valence-electron chi connectivity index (χ3n) is 3.53. The third kappa shape index (κ3) is 5.36. The number of aliphatic hydroxyl groups excluding tert-OH is 1. The van der Waals surface area contributed by atoms with Crippen LogP contribution in [0.5, 0.6) is 0 Å². The molecule has 1 heterocycles. The van der Waals surface area contributed by atoms with Gasteiger partial charge in [0, 0.05) is 29.8 Å². The first-order chi connectivity index (χ1) is 11.1. The van der Waals surface area contributed by atoms with E-state index >= 15 is 0 Å². The van der Waals surface area contributed by atoms with E-state index in [9.17, 15) is 4.79 Å². The first kappa shape index (κ1) is 18.0. The predicted octanol–water partition coefficient (Wildman–Crippen LogP) is 1.67. The largest absolute Gasteiger partial charge is 0.396 e. The van der Waals surface area contributed by atoms with E-state index in [0.717, 1.165) is 40.7 Å². The summed E-state index contributed by atoms with van der Waals surface area (Å²) in [6.45, 7) is 5.28. The number of amides is 1. The van der Waals surface area contributed by atoms with E-state index in [0.29, 0.717) is 12.2 Å². The van der Waals surface area contributed by atoms with Crippen molar-refractivity contribution in [3.63, 3.8) is 0 Å². The lowest BCUT2D eigenvalue weighted by Crippen LogP contribution is -2.36.